The van der Waals surface area contributed by atoms with Gasteiger partial charge in [-0.05, 0) is 37.1 Å². The second kappa shape index (κ2) is 4.67. The monoisotopic (exact) mass is 312 g/mol. The van der Waals surface area contributed by atoms with E-state index in [1.807, 2.05) is 0 Å². The SMILES string of the molecule is Cc1ccc2c(c1O)C(=O)c1c(cc(O)c(C(=O)O)c1C)C2=O. The summed E-state index contributed by atoms with van der Waals surface area (Å²) in [5.41, 5.74) is -0.259. The number of aromatic hydroxyl groups is 2. The van der Waals surface area contributed by atoms with Crippen LogP contribution in [0.25, 0.3) is 0 Å². The molecule has 0 fully saturated rings. The van der Waals surface area contributed by atoms with Gasteiger partial charge >= 0.3 is 5.97 Å². The number of benzene rings is 2. The Bertz CT molecular complexity index is 923. The molecule has 6 heteroatoms. The van der Waals surface area contributed by atoms with Crippen molar-refractivity contribution in [3.63, 3.8) is 0 Å². The summed E-state index contributed by atoms with van der Waals surface area (Å²) in [5.74, 6) is -3.44. The van der Waals surface area contributed by atoms with Crippen molar-refractivity contribution in [3.05, 3.63) is 57.1 Å². The lowest BCUT2D eigenvalue weighted by Crippen LogP contribution is -2.23. The average molecular weight is 312 g/mol. The molecule has 0 spiro atoms. The lowest BCUT2D eigenvalue weighted by molar-refractivity contribution is 0.0692. The topological polar surface area (TPSA) is 112 Å². The number of fused-ring (bicyclic) bond motifs is 2. The maximum absolute atomic E-state index is 12.7. The smallest absolute Gasteiger partial charge is 0.339 e. The number of carboxylic acid groups (broad SMARTS) is 1. The molecule has 0 amide bonds. The third-order valence-electron chi connectivity index (χ3n) is 4.09. The first-order chi connectivity index (χ1) is 10.8. The molecule has 0 unspecified atom stereocenters. The van der Waals surface area contributed by atoms with Crippen LogP contribution in [0.1, 0.15) is 53.3 Å². The van der Waals surface area contributed by atoms with Crippen LogP contribution in [0, 0.1) is 13.8 Å². The van der Waals surface area contributed by atoms with Crippen molar-refractivity contribution in [3.8, 4) is 11.5 Å². The van der Waals surface area contributed by atoms with Crippen molar-refractivity contribution < 1.29 is 29.7 Å². The largest absolute Gasteiger partial charge is 0.507 e. The molecular formula is C17H12O6. The molecule has 0 aliphatic heterocycles. The third kappa shape index (κ3) is 1.85. The molecule has 1 aliphatic carbocycles. The van der Waals surface area contributed by atoms with Crippen LogP contribution in [0.4, 0.5) is 0 Å². The molecule has 116 valence electrons. The first kappa shape index (κ1) is 14.8. The van der Waals surface area contributed by atoms with E-state index in [0.29, 0.717) is 5.56 Å². The summed E-state index contributed by atoms with van der Waals surface area (Å²) in [4.78, 5) is 36.6. The van der Waals surface area contributed by atoms with Crippen molar-refractivity contribution in [2.45, 2.75) is 13.8 Å². The van der Waals surface area contributed by atoms with Crippen LogP contribution in [-0.2, 0) is 0 Å². The first-order valence-electron chi connectivity index (χ1n) is 6.77. The van der Waals surface area contributed by atoms with E-state index in [1.165, 1.54) is 19.1 Å². The fraction of sp³-hybridized carbons (Fsp3) is 0.118. The first-order valence-corrected chi connectivity index (χ1v) is 6.77. The van der Waals surface area contributed by atoms with Crippen LogP contribution in [-0.4, -0.2) is 32.9 Å². The molecule has 2 aromatic carbocycles. The van der Waals surface area contributed by atoms with E-state index >= 15 is 0 Å². The van der Waals surface area contributed by atoms with Crippen LogP contribution < -0.4 is 0 Å². The number of rotatable bonds is 1. The van der Waals surface area contributed by atoms with Gasteiger partial charge < -0.3 is 15.3 Å². The van der Waals surface area contributed by atoms with Gasteiger partial charge in [-0.2, -0.15) is 0 Å². The van der Waals surface area contributed by atoms with Gasteiger partial charge in [-0.3, -0.25) is 9.59 Å². The Kier molecular flexibility index (Phi) is 3.00. The van der Waals surface area contributed by atoms with E-state index in [0.717, 1.165) is 6.07 Å². The lowest BCUT2D eigenvalue weighted by atomic mass is 9.79. The summed E-state index contributed by atoms with van der Waals surface area (Å²) in [7, 11) is 0. The predicted octanol–water partition coefficient (Wildman–Crippen LogP) is 2.19. The summed E-state index contributed by atoms with van der Waals surface area (Å²) >= 11 is 0. The van der Waals surface area contributed by atoms with E-state index in [1.54, 1.807) is 6.92 Å². The van der Waals surface area contributed by atoms with Crippen molar-refractivity contribution >= 4 is 17.5 Å². The van der Waals surface area contributed by atoms with Crippen LogP contribution in [0.15, 0.2) is 18.2 Å². The van der Waals surface area contributed by atoms with Gasteiger partial charge in [0.25, 0.3) is 0 Å². The number of phenolic OH excluding ortho intramolecular Hbond substituents is 1. The third-order valence-corrected chi connectivity index (χ3v) is 4.09. The highest BCUT2D eigenvalue weighted by atomic mass is 16.4. The molecule has 0 radical (unpaired) electrons. The molecule has 1 aliphatic rings. The van der Waals surface area contributed by atoms with Crippen LogP contribution in [0.5, 0.6) is 11.5 Å². The zero-order chi connectivity index (χ0) is 17.0. The van der Waals surface area contributed by atoms with Crippen molar-refractivity contribution in [1.82, 2.24) is 0 Å². The summed E-state index contributed by atoms with van der Waals surface area (Å²) in [6.45, 7) is 2.94. The van der Waals surface area contributed by atoms with Gasteiger partial charge in [0.05, 0.1) is 5.56 Å². The minimum Gasteiger partial charge on any atom is -0.507 e. The van der Waals surface area contributed by atoms with Crippen LogP contribution in [0.3, 0.4) is 0 Å². The Morgan fingerprint density at radius 3 is 2.22 bits per heavy atom. The number of phenols is 2. The fourth-order valence-electron chi connectivity index (χ4n) is 2.93. The second-order valence-corrected chi connectivity index (χ2v) is 5.44. The number of hydrogen-bond acceptors (Lipinski definition) is 5. The molecule has 6 nitrogen and oxygen atoms in total. The lowest BCUT2D eigenvalue weighted by Gasteiger charge is -2.22. The summed E-state index contributed by atoms with van der Waals surface area (Å²) < 4.78 is 0. The molecule has 0 bridgehead atoms. The zero-order valence-corrected chi connectivity index (χ0v) is 12.3. The molecule has 0 aromatic heterocycles. The number of aryl methyl sites for hydroxylation is 1. The minimum absolute atomic E-state index is 0.00240. The average Bonchev–Trinajstić information content (AvgIpc) is 2.46. The molecule has 3 N–H and O–H groups in total. The van der Waals surface area contributed by atoms with E-state index in [9.17, 15) is 29.7 Å². The van der Waals surface area contributed by atoms with Gasteiger partial charge in [0.1, 0.15) is 17.1 Å². The van der Waals surface area contributed by atoms with Gasteiger partial charge in [0, 0.05) is 16.7 Å². The molecule has 0 heterocycles. The molecule has 2 aromatic rings. The van der Waals surface area contributed by atoms with E-state index in [4.69, 9.17) is 0 Å². The summed E-state index contributed by atoms with van der Waals surface area (Å²) in [6.07, 6.45) is 0. The Hall–Kier alpha value is -3.15. The van der Waals surface area contributed by atoms with Crippen LogP contribution in [0.2, 0.25) is 0 Å². The Labute approximate surface area is 130 Å². The highest BCUT2D eigenvalue weighted by molar-refractivity contribution is 6.30. The second-order valence-electron chi connectivity index (χ2n) is 5.44. The fourth-order valence-corrected chi connectivity index (χ4v) is 2.93. The van der Waals surface area contributed by atoms with Crippen molar-refractivity contribution in [2.75, 3.05) is 0 Å². The van der Waals surface area contributed by atoms with E-state index in [2.05, 4.69) is 0 Å². The molecular weight excluding hydrogens is 300 g/mol. The molecule has 0 saturated carbocycles. The highest BCUT2D eigenvalue weighted by Gasteiger charge is 2.36. The molecule has 0 saturated heterocycles. The summed E-state index contributed by atoms with van der Waals surface area (Å²) in [6, 6.07) is 3.94. The Morgan fingerprint density at radius 1 is 0.957 bits per heavy atom. The van der Waals surface area contributed by atoms with Crippen molar-refractivity contribution in [1.29, 1.82) is 0 Å². The number of carboxylic acids is 1. The Balaban J connectivity index is 2.42. The predicted molar refractivity (Wildman–Crippen MR) is 79.5 cm³/mol. The number of carbonyl (C=O) groups is 3. The summed E-state index contributed by atoms with van der Waals surface area (Å²) in [5, 5.41) is 29.2. The van der Waals surface area contributed by atoms with Crippen LogP contribution >= 0.6 is 0 Å². The number of carbonyl (C=O) groups excluding carboxylic acids is 2. The van der Waals surface area contributed by atoms with Crippen molar-refractivity contribution in [2.24, 2.45) is 0 Å². The minimum atomic E-state index is -1.40. The number of aromatic carboxylic acids is 1. The van der Waals surface area contributed by atoms with Gasteiger partial charge in [-0.25, -0.2) is 4.79 Å². The quantitative estimate of drug-likeness (QED) is 0.635. The highest BCUT2D eigenvalue weighted by Crippen LogP contribution is 2.38. The maximum atomic E-state index is 12.7. The van der Waals surface area contributed by atoms with Gasteiger partial charge in [0.15, 0.2) is 11.6 Å². The van der Waals surface area contributed by atoms with E-state index < -0.39 is 28.8 Å². The molecule has 23 heavy (non-hydrogen) atoms. The molecule has 3 rings (SSSR count). The van der Waals surface area contributed by atoms with E-state index in [-0.39, 0.29) is 33.6 Å². The normalized spacial score (nSPS) is 12.8. The van der Waals surface area contributed by atoms with Gasteiger partial charge in [-0.15, -0.1) is 0 Å². The standard InChI is InChI=1S/C17H12O6/c1-6-3-4-8-13(14(6)19)16(21)11-7(2)12(17(22)23)10(18)5-9(11)15(8)20/h3-5,18-19H,1-2H3,(H,22,23). The maximum Gasteiger partial charge on any atom is 0.339 e. The zero-order valence-electron chi connectivity index (χ0n) is 12.3. The Morgan fingerprint density at radius 2 is 1.61 bits per heavy atom. The molecule has 0 atom stereocenters. The van der Waals surface area contributed by atoms with Gasteiger partial charge in [0.2, 0.25) is 0 Å². The number of hydrogen-bond donors (Lipinski definition) is 3. The number of ketones is 2. The van der Waals surface area contributed by atoms with Gasteiger partial charge in [-0.1, -0.05) is 6.07 Å².